The van der Waals surface area contributed by atoms with Crippen LogP contribution in [0, 0.1) is 0 Å². The molecule has 1 aliphatic heterocycles. The minimum absolute atomic E-state index is 0.175. The van der Waals surface area contributed by atoms with Crippen LogP contribution in [0.25, 0.3) is 0 Å². The molecule has 3 rings (SSSR count). The summed E-state index contributed by atoms with van der Waals surface area (Å²) in [7, 11) is 0. The summed E-state index contributed by atoms with van der Waals surface area (Å²) in [5.74, 6) is 0. The van der Waals surface area contributed by atoms with Crippen LogP contribution in [-0.2, 0) is 9.57 Å². The van der Waals surface area contributed by atoms with Gasteiger partial charge in [-0.3, -0.25) is 0 Å². The molecule has 0 aliphatic carbocycles. The van der Waals surface area contributed by atoms with Crippen molar-refractivity contribution < 1.29 is 9.57 Å². The molecule has 0 fully saturated rings. The third-order valence-electron chi connectivity index (χ3n) is 3.04. The summed E-state index contributed by atoms with van der Waals surface area (Å²) < 4.78 is 5.90. The highest BCUT2D eigenvalue weighted by atomic mass is 16.6. The maximum absolute atomic E-state index is 5.90. The van der Waals surface area contributed by atoms with E-state index in [0.29, 0.717) is 13.2 Å². The van der Waals surface area contributed by atoms with E-state index >= 15 is 0 Å². The summed E-state index contributed by atoms with van der Waals surface area (Å²) in [6.07, 6.45) is -0.175. The lowest BCUT2D eigenvalue weighted by molar-refractivity contribution is 0.0527. The molecule has 0 bridgehead atoms. The highest BCUT2D eigenvalue weighted by Gasteiger charge is 2.23. The van der Waals surface area contributed by atoms with E-state index in [4.69, 9.17) is 9.57 Å². The van der Waals surface area contributed by atoms with Crippen LogP contribution in [0.3, 0.4) is 0 Å². The van der Waals surface area contributed by atoms with Crippen molar-refractivity contribution in [3.8, 4) is 0 Å². The van der Waals surface area contributed by atoms with Crippen molar-refractivity contribution in [2.24, 2.45) is 5.16 Å². The molecule has 1 unspecified atom stereocenters. The topological polar surface area (TPSA) is 30.8 Å². The molecule has 0 aromatic heterocycles. The first-order valence-corrected chi connectivity index (χ1v) is 6.37. The van der Waals surface area contributed by atoms with Gasteiger partial charge in [0.2, 0.25) is 0 Å². The molecule has 0 amide bonds. The summed E-state index contributed by atoms with van der Waals surface area (Å²) in [4.78, 5) is 5.28. The number of hydrogen-bond donors (Lipinski definition) is 0. The number of hydrogen-bond acceptors (Lipinski definition) is 3. The Morgan fingerprint density at radius 1 is 0.842 bits per heavy atom. The number of rotatable bonds is 2. The van der Waals surface area contributed by atoms with Crippen molar-refractivity contribution in [3.05, 3.63) is 71.8 Å². The van der Waals surface area contributed by atoms with Gasteiger partial charge in [0.25, 0.3) is 0 Å². The Kier molecular flexibility index (Phi) is 3.56. The summed E-state index contributed by atoms with van der Waals surface area (Å²) in [6, 6.07) is 20.1. The van der Waals surface area contributed by atoms with Gasteiger partial charge < -0.3 is 9.57 Å². The van der Waals surface area contributed by atoms with Gasteiger partial charge >= 0.3 is 0 Å². The first-order valence-electron chi connectivity index (χ1n) is 6.37. The third-order valence-corrected chi connectivity index (χ3v) is 3.04. The van der Waals surface area contributed by atoms with E-state index in [9.17, 15) is 0 Å². The van der Waals surface area contributed by atoms with E-state index in [1.165, 1.54) is 0 Å². The van der Waals surface area contributed by atoms with E-state index < -0.39 is 0 Å². The molecule has 0 N–H and O–H groups in total. The Labute approximate surface area is 112 Å². The molecule has 2 aromatic rings. The molecular formula is C16H15NO2. The zero-order valence-electron chi connectivity index (χ0n) is 10.5. The number of benzene rings is 2. The lowest BCUT2D eigenvalue weighted by Gasteiger charge is -2.17. The highest BCUT2D eigenvalue weighted by Crippen LogP contribution is 2.24. The summed E-state index contributed by atoms with van der Waals surface area (Å²) in [5.41, 5.74) is 2.94. The Morgan fingerprint density at radius 3 is 2.26 bits per heavy atom. The van der Waals surface area contributed by atoms with Gasteiger partial charge in [0, 0.05) is 5.56 Å². The van der Waals surface area contributed by atoms with Crippen LogP contribution in [-0.4, -0.2) is 18.9 Å². The Hall–Kier alpha value is -2.13. The summed E-state index contributed by atoms with van der Waals surface area (Å²) in [5, 5.41) is 4.24. The largest absolute Gasteiger partial charge is 0.393 e. The second kappa shape index (κ2) is 5.67. The predicted molar refractivity (Wildman–Crippen MR) is 74.1 cm³/mol. The van der Waals surface area contributed by atoms with Crippen molar-refractivity contribution >= 4 is 5.71 Å². The fraction of sp³-hybridized carbons (Fsp3) is 0.188. The average Bonchev–Trinajstić information content (AvgIpc) is 2.75. The SMILES string of the molecule is c1ccc(C2=NOCCOC2c2ccccc2)cc1. The molecule has 0 saturated carbocycles. The fourth-order valence-corrected chi connectivity index (χ4v) is 2.14. The standard InChI is InChI=1S/C16H15NO2/c1-3-7-13(8-4-1)15-16(18-11-12-19-17-15)14-9-5-2-6-10-14/h1-10,16H,11-12H2. The molecule has 0 spiro atoms. The van der Waals surface area contributed by atoms with Gasteiger partial charge in [0.05, 0.1) is 6.61 Å². The average molecular weight is 253 g/mol. The first-order chi connectivity index (χ1) is 9.45. The second-order valence-corrected chi connectivity index (χ2v) is 4.34. The Morgan fingerprint density at radius 2 is 1.53 bits per heavy atom. The van der Waals surface area contributed by atoms with Crippen LogP contribution in [0.4, 0.5) is 0 Å². The highest BCUT2D eigenvalue weighted by molar-refractivity contribution is 6.04. The van der Waals surface area contributed by atoms with Gasteiger partial charge in [-0.15, -0.1) is 0 Å². The minimum atomic E-state index is -0.175. The molecule has 1 aliphatic rings. The van der Waals surface area contributed by atoms with E-state index in [2.05, 4.69) is 17.3 Å². The monoisotopic (exact) mass is 253 g/mol. The fourth-order valence-electron chi connectivity index (χ4n) is 2.14. The molecule has 2 aromatic carbocycles. The molecule has 3 heteroatoms. The molecular weight excluding hydrogens is 238 g/mol. The quantitative estimate of drug-likeness (QED) is 0.823. The maximum Gasteiger partial charge on any atom is 0.140 e. The van der Waals surface area contributed by atoms with Gasteiger partial charge in [-0.2, -0.15) is 0 Å². The molecule has 0 radical (unpaired) electrons. The van der Waals surface area contributed by atoms with E-state index in [0.717, 1.165) is 16.8 Å². The number of nitrogens with zero attached hydrogens (tertiary/aromatic N) is 1. The van der Waals surface area contributed by atoms with Crippen LogP contribution >= 0.6 is 0 Å². The van der Waals surface area contributed by atoms with Crippen LogP contribution < -0.4 is 0 Å². The molecule has 1 heterocycles. The first kappa shape index (κ1) is 11.9. The number of oxime groups is 1. The van der Waals surface area contributed by atoms with Crippen molar-refractivity contribution in [1.29, 1.82) is 0 Å². The maximum atomic E-state index is 5.90. The molecule has 0 saturated heterocycles. The van der Waals surface area contributed by atoms with Crippen molar-refractivity contribution in [3.63, 3.8) is 0 Å². The molecule has 96 valence electrons. The van der Waals surface area contributed by atoms with Crippen molar-refractivity contribution in [2.45, 2.75) is 6.10 Å². The van der Waals surface area contributed by atoms with E-state index in [1.807, 2.05) is 48.5 Å². The lowest BCUT2D eigenvalue weighted by atomic mass is 9.99. The summed E-state index contributed by atoms with van der Waals surface area (Å²) in [6.45, 7) is 1.03. The van der Waals surface area contributed by atoms with Crippen LogP contribution in [0.2, 0.25) is 0 Å². The minimum Gasteiger partial charge on any atom is -0.393 e. The van der Waals surface area contributed by atoms with Gasteiger partial charge in [-0.25, -0.2) is 0 Å². The van der Waals surface area contributed by atoms with E-state index in [-0.39, 0.29) is 6.10 Å². The number of ether oxygens (including phenoxy) is 1. The van der Waals surface area contributed by atoms with Crippen LogP contribution in [0.1, 0.15) is 17.2 Å². The van der Waals surface area contributed by atoms with Gasteiger partial charge in [-0.1, -0.05) is 65.8 Å². The zero-order valence-corrected chi connectivity index (χ0v) is 10.5. The lowest BCUT2D eigenvalue weighted by Crippen LogP contribution is -2.16. The van der Waals surface area contributed by atoms with Gasteiger partial charge in [0.15, 0.2) is 0 Å². The van der Waals surface area contributed by atoms with Crippen LogP contribution in [0.15, 0.2) is 65.8 Å². The molecule has 1 atom stereocenters. The Balaban J connectivity index is 2.00. The van der Waals surface area contributed by atoms with E-state index in [1.54, 1.807) is 0 Å². The second-order valence-electron chi connectivity index (χ2n) is 4.34. The van der Waals surface area contributed by atoms with Gasteiger partial charge in [-0.05, 0) is 5.56 Å². The molecule has 3 nitrogen and oxygen atoms in total. The van der Waals surface area contributed by atoms with Crippen molar-refractivity contribution in [1.82, 2.24) is 0 Å². The smallest absolute Gasteiger partial charge is 0.140 e. The Bertz CT molecular complexity index is 551. The third kappa shape index (κ3) is 2.66. The normalized spacial score (nSPS) is 19.2. The summed E-state index contributed by atoms with van der Waals surface area (Å²) >= 11 is 0. The van der Waals surface area contributed by atoms with Crippen LogP contribution in [0.5, 0.6) is 0 Å². The molecule has 19 heavy (non-hydrogen) atoms. The van der Waals surface area contributed by atoms with Gasteiger partial charge in [0.1, 0.15) is 18.4 Å². The zero-order chi connectivity index (χ0) is 12.9. The predicted octanol–water partition coefficient (Wildman–Crippen LogP) is 3.18. The van der Waals surface area contributed by atoms with Crippen molar-refractivity contribution in [2.75, 3.05) is 13.2 Å².